The minimum Gasteiger partial charge on any atom is -0.466 e. The van der Waals surface area contributed by atoms with Gasteiger partial charge in [-0.1, -0.05) is 18.2 Å². The van der Waals surface area contributed by atoms with E-state index in [0.717, 1.165) is 25.1 Å². The Labute approximate surface area is 136 Å². The molecule has 1 aliphatic rings. The van der Waals surface area contributed by atoms with Crippen LogP contribution in [0.4, 0.5) is 0 Å². The lowest BCUT2D eigenvalue weighted by Crippen LogP contribution is -2.42. The van der Waals surface area contributed by atoms with Crippen molar-refractivity contribution in [2.75, 3.05) is 25.4 Å². The van der Waals surface area contributed by atoms with Gasteiger partial charge in [-0.3, -0.25) is 9.59 Å². The van der Waals surface area contributed by atoms with Crippen molar-refractivity contribution in [3.8, 4) is 0 Å². The molecule has 1 aliphatic heterocycles. The monoisotopic (exact) mass is 321 g/mol. The molecule has 2 rings (SSSR count). The van der Waals surface area contributed by atoms with Crippen LogP contribution in [0.2, 0.25) is 0 Å². The van der Waals surface area contributed by atoms with Crippen molar-refractivity contribution in [1.29, 1.82) is 0 Å². The molecule has 0 unspecified atom stereocenters. The highest BCUT2D eigenvalue weighted by atomic mass is 32.2. The Morgan fingerprint density at radius 1 is 1.32 bits per heavy atom. The number of nitrogens with zero attached hydrogens (tertiary/aromatic N) is 1. The van der Waals surface area contributed by atoms with Gasteiger partial charge in [0.1, 0.15) is 0 Å². The van der Waals surface area contributed by atoms with Gasteiger partial charge in [-0.25, -0.2) is 0 Å². The lowest BCUT2D eigenvalue weighted by atomic mass is 9.98. The van der Waals surface area contributed by atoms with E-state index in [0.29, 0.717) is 19.6 Å². The first-order valence-corrected chi connectivity index (χ1v) is 8.81. The van der Waals surface area contributed by atoms with Gasteiger partial charge in [-0.2, -0.15) is 0 Å². The van der Waals surface area contributed by atoms with Crippen LogP contribution in [0, 0.1) is 5.92 Å². The zero-order valence-corrected chi connectivity index (χ0v) is 13.8. The van der Waals surface area contributed by atoms with Crippen molar-refractivity contribution >= 4 is 23.6 Å². The standard InChI is InChI=1S/C17H23NO3S/c1-2-21-17(20)14-7-6-11-18(13-14)16(19)10-12-22-15-8-4-3-5-9-15/h3-5,8-9,14H,2,6-7,10-13H2,1H3/t14-/m1/s1. The average molecular weight is 321 g/mol. The van der Waals surface area contributed by atoms with Crippen molar-refractivity contribution in [2.24, 2.45) is 5.92 Å². The zero-order valence-electron chi connectivity index (χ0n) is 13.0. The number of piperidine rings is 1. The first-order chi connectivity index (χ1) is 10.7. The van der Waals surface area contributed by atoms with Crippen LogP contribution < -0.4 is 0 Å². The van der Waals surface area contributed by atoms with E-state index in [2.05, 4.69) is 0 Å². The molecule has 1 heterocycles. The number of hydrogen-bond donors (Lipinski definition) is 0. The van der Waals surface area contributed by atoms with Gasteiger partial charge in [0.15, 0.2) is 0 Å². The molecule has 1 atom stereocenters. The summed E-state index contributed by atoms with van der Waals surface area (Å²) >= 11 is 1.69. The molecule has 1 aromatic rings. The molecule has 0 spiro atoms. The third-order valence-electron chi connectivity index (χ3n) is 3.72. The largest absolute Gasteiger partial charge is 0.466 e. The molecule has 1 fully saturated rings. The third-order valence-corrected chi connectivity index (χ3v) is 4.74. The summed E-state index contributed by atoms with van der Waals surface area (Å²) in [6, 6.07) is 10.1. The molecule has 0 aromatic heterocycles. The van der Waals surface area contributed by atoms with E-state index in [1.807, 2.05) is 42.2 Å². The van der Waals surface area contributed by atoms with Gasteiger partial charge < -0.3 is 9.64 Å². The minimum atomic E-state index is -0.168. The maximum Gasteiger partial charge on any atom is 0.310 e. The Balaban J connectivity index is 1.75. The van der Waals surface area contributed by atoms with Crippen molar-refractivity contribution in [2.45, 2.75) is 31.1 Å². The fourth-order valence-corrected chi connectivity index (χ4v) is 3.45. The predicted molar refractivity (Wildman–Crippen MR) is 87.7 cm³/mol. The van der Waals surface area contributed by atoms with Crippen molar-refractivity contribution < 1.29 is 14.3 Å². The van der Waals surface area contributed by atoms with Crippen LogP contribution in [0.3, 0.4) is 0 Å². The summed E-state index contributed by atoms with van der Waals surface area (Å²) in [5.74, 6) is 0.583. The molecule has 120 valence electrons. The number of benzene rings is 1. The summed E-state index contributed by atoms with van der Waals surface area (Å²) in [6.07, 6.45) is 2.21. The van der Waals surface area contributed by atoms with E-state index in [9.17, 15) is 9.59 Å². The SMILES string of the molecule is CCOC(=O)[C@@H]1CCCN(C(=O)CCSc2ccccc2)C1. The van der Waals surface area contributed by atoms with E-state index in [1.54, 1.807) is 11.8 Å². The Bertz CT molecular complexity index is 492. The molecule has 0 bridgehead atoms. The van der Waals surface area contributed by atoms with Crippen molar-refractivity contribution in [1.82, 2.24) is 4.90 Å². The fourth-order valence-electron chi connectivity index (χ4n) is 2.59. The number of likely N-dealkylation sites (tertiary alicyclic amines) is 1. The number of amides is 1. The van der Waals surface area contributed by atoms with Crippen LogP contribution in [0.5, 0.6) is 0 Å². The molecule has 4 nitrogen and oxygen atoms in total. The number of ether oxygens (including phenoxy) is 1. The molecule has 0 aliphatic carbocycles. The number of esters is 1. The molecule has 1 aromatic carbocycles. The molecule has 0 N–H and O–H groups in total. The Hall–Kier alpha value is -1.49. The summed E-state index contributed by atoms with van der Waals surface area (Å²) in [5, 5.41) is 0. The van der Waals surface area contributed by atoms with Gasteiger partial charge >= 0.3 is 5.97 Å². The number of hydrogen-bond acceptors (Lipinski definition) is 4. The summed E-state index contributed by atoms with van der Waals surface area (Å²) < 4.78 is 5.07. The normalized spacial score (nSPS) is 18.0. The summed E-state index contributed by atoms with van der Waals surface area (Å²) in [5.41, 5.74) is 0. The van der Waals surface area contributed by atoms with E-state index < -0.39 is 0 Å². The van der Waals surface area contributed by atoms with Crippen molar-refractivity contribution in [3.05, 3.63) is 30.3 Å². The highest BCUT2D eigenvalue weighted by Gasteiger charge is 2.28. The lowest BCUT2D eigenvalue weighted by molar-refractivity contribution is -0.151. The van der Waals surface area contributed by atoms with E-state index in [-0.39, 0.29) is 17.8 Å². The number of carbonyl (C=O) groups is 2. The Kier molecular flexibility index (Phi) is 6.77. The molecule has 1 amide bonds. The number of thioether (sulfide) groups is 1. The van der Waals surface area contributed by atoms with Gasteiger partial charge in [0.2, 0.25) is 5.91 Å². The predicted octanol–water partition coefficient (Wildman–Crippen LogP) is 2.97. The molecule has 5 heteroatoms. The first kappa shape index (κ1) is 16.9. The zero-order chi connectivity index (χ0) is 15.8. The van der Waals surface area contributed by atoms with Crippen LogP contribution >= 0.6 is 11.8 Å². The van der Waals surface area contributed by atoms with Crippen LogP contribution in [0.1, 0.15) is 26.2 Å². The quantitative estimate of drug-likeness (QED) is 0.597. The second-order valence-corrected chi connectivity index (χ2v) is 6.51. The van der Waals surface area contributed by atoms with Crippen LogP contribution in [-0.2, 0) is 14.3 Å². The van der Waals surface area contributed by atoms with E-state index in [1.165, 1.54) is 4.90 Å². The first-order valence-electron chi connectivity index (χ1n) is 7.83. The van der Waals surface area contributed by atoms with Gasteiger partial charge in [-0.15, -0.1) is 11.8 Å². The van der Waals surface area contributed by atoms with Crippen LogP contribution in [-0.4, -0.2) is 42.2 Å². The molecule has 0 radical (unpaired) electrons. The maximum atomic E-state index is 12.3. The fraction of sp³-hybridized carbons (Fsp3) is 0.529. The molecule has 22 heavy (non-hydrogen) atoms. The van der Waals surface area contributed by atoms with Crippen LogP contribution in [0.25, 0.3) is 0 Å². The van der Waals surface area contributed by atoms with E-state index >= 15 is 0 Å². The van der Waals surface area contributed by atoms with Gasteiger partial charge in [0.25, 0.3) is 0 Å². The highest BCUT2D eigenvalue weighted by molar-refractivity contribution is 7.99. The Morgan fingerprint density at radius 3 is 2.82 bits per heavy atom. The summed E-state index contributed by atoms with van der Waals surface area (Å²) in [4.78, 5) is 27.1. The Morgan fingerprint density at radius 2 is 2.09 bits per heavy atom. The van der Waals surface area contributed by atoms with Crippen LogP contribution in [0.15, 0.2) is 35.2 Å². The van der Waals surface area contributed by atoms with Crippen molar-refractivity contribution in [3.63, 3.8) is 0 Å². The topological polar surface area (TPSA) is 46.6 Å². The van der Waals surface area contributed by atoms with Gasteiger partial charge in [-0.05, 0) is 31.9 Å². The molecular formula is C17H23NO3S. The average Bonchev–Trinajstić information content (AvgIpc) is 2.56. The highest BCUT2D eigenvalue weighted by Crippen LogP contribution is 2.21. The molecule has 0 saturated carbocycles. The smallest absolute Gasteiger partial charge is 0.310 e. The summed E-state index contributed by atoms with van der Waals surface area (Å²) in [6.45, 7) is 3.47. The minimum absolute atomic E-state index is 0.137. The summed E-state index contributed by atoms with van der Waals surface area (Å²) in [7, 11) is 0. The molecule has 1 saturated heterocycles. The maximum absolute atomic E-state index is 12.3. The van der Waals surface area contributed by atoms with Gasteiger partial charge in [0.05, 0.1) is 12.5 Å². The van der Waals surface area contributed by atoms with Gasteiger partial charge in [0, 0.05) is 30.2 Å². The second-order valence-electron chi connectivity index (χ2n) is 5.34. The second kappa shape index (κ2) is 8.83. The molecular weight excluding hydrogens is 298 g/mol. The van der Waals surface area contributed by atoms with E-state index in [4.69, 9.17) is 4.74 Å². The number of carbonyl (C=O) groups excluding carboxylic acids is 2. The lowest BCUT2D eigenvalue weighted by Gasteiger charge is -2.31. The number of rotatable bonds is 6. The third kappa shape index (κ3) is 5.05.